The maximum atomic E-state index is 13.5. The van der Waals surface area contributed by atoms with Crippen molar-refractivity contribution in [2.75, 3.05) is 38.0 Å². The summed E-state index contributed by atoms with van der Waals surface area (Å²) >= 11 is 0. The van der Waals surface area contributed by atoms with Gasteiger partial charge in [-0.3, -0.25) is 14.5 Å². The van der Waals surface area contributed by atoms with Gasteiger partial charge in [-0.25, -0.2) is 0 Å². The molecule has 0 atom stereocenters. The number of anilines is 1. The van der Waals surface area contributed by atoms with E-state index in [1.54, 1.807) is 0 Å². The molecule has 1 saturated heterocycles. The minimum atomic E-state index is -5.03. The highest BCUT2D eigenvalue weighted by Crippen LogP contribution is 2.37. The molecule has 5 nitrogen and oxygen atoms in total. The third-order valence-electron chi connectivity index (χ3n) is 6.66. The van der Waals surface area contributed by atoms with Crippen molar-refractivity contribution in [3.05, 3.63) is 64.2 Å². The molecule has 1 heterocycles. The first-order valence-corrected chi connectivity index (χ1v) is 12.5. The van der Waals surface area contributed by atoms with E-state index in [1.165, 1.54) is 4.90 Å². The average Bonchev–Trinajstić information content (AvgIpc) is 3.08. The highest BCUT2D eigenvalue weighted by Gasteiger charge is 2.38. The van der Waals surface area contributed by atoms with Gasteiger partial charge in [0.15, 0.2) is 0 Å². The van der Waals surface area contributed by atoms with E-state index in [2.05, 4.69) is 5.32 Å². The fourth-order valence-corrected chi connectivity index (χ4v) is 4.61. The molecule has 0 unspecified atom stereocenters. The van der Waals surface area contributed by atoms with Crippen LogP contribution in [0.4, 0.5) is 32.0 Å². The van der Waals surface area contributed by atoms with Crippen LogP contribution in [-0.4, -0.2) is 54.3 Å². The molecule has 11 heteroatoms. The molecule has 1 fully saturated rings. The maximum absolute atomic E-state index is 13.5. The number of hydrogen-bond donors (Lipinski definition) is 1. The molecule has 208 valence electrons. The molecule has 1 N–H and O–H groups in total. The Morgan fingerprint density at radius 3 is 2.08 bits per heavy atom. The standard InChI is InChI=1S/C27H31F6N3O2/c1-3-18-7-5-8-19(4-2)25(18)34-23(37)17-35-11-6-12-36(14-13-35)24(38)15-20-9-10-21(26(28,29)30)16-22(20)27(31,32)33/h5,7-10,16H,3-4,6,11-15,17H2,1-2H3,(H,34,37). The molecule has 0 aliphatic carbocycles. The Bertz CT molecular complexity index is 1120. The summed E-state index contributed by atoms with van der Waals surface area (Å²) in [6.07, 6.45) is -8.60. The molecule has 0 saturated carbocycles. The Kier molecular flexibility index (Phi) is 9.45. The minimum absolute atomic E-state index is 0.0476. The van der Waals surface area contributed by atoms with Crippen molar-refractivity contribution in [2.45, 2.75) is 51.9 Å². The van der Waals surface area contributed by atoms with E-state index in [4.69, 9.17) is 0 Å². The second-order valence-electron chi connectivity index (χ2n) is 9.26. The number of aryl methyl sites for hydroxylation is 2. The summed E-state index contributed by atoms with van der Waals surface area (Å²) in [5.74, 6) is -0.800. The van der Waals surface area contributed by atoms with Gasteiger partial charge in [0.25, 0.3) is 0 Å². The lowest BCUT2D eigenvalue weighted by Gasteiger charge is -2.23. The average molecular weight is 544 g/mol. The highest BCUT2D eigenvalue weighted by molar-refractivity contribution is 5.94. The van der Waals surface area contributed by atoms with Gasteiger partial charge in [-0.15, -0.1) is 0 Å². The number of hydrogen-bond acceptors (Lipinski definition) is 3. The minimum Gasteiger partial charge on any atom is -0.341 e. The topological polar surface area (TPSA) is 52.7 Å². The van der Waals surface area contributed by atoms with Gasteiger partial charge >= 0.3 is 12.4 Å². The summed E-state index contributed by atoms with van der Waals surface area (Å²) < 4.78 is 79.2. The van der Waals surface area contributed by atoms with Crippen LogP contribution < -0.4 is 5.32 Å². The zero-order chi connectivity index (χ0) is 28.1. The van der Waals surface area contributed by atoms with E-state index < -0.39 is 41.4 Å². The summed E-state index contributed by atoms with van der Waals surface area (Å²) in [7, 11) is 0. The molecule has 3 rings (SSSR count). The van der Waals surface area contributed by atoms with Gasteiger partial charge in [0, 0.05) is 31.9 Å². The Morgan fingerprint density at radius 2 is 1.50 bits per heavy atom. The van der Waals surface area contributed by atoms with Crippen LogP contribution in [0, 0.1) is 0 Å². The van der Waals surface area contributed by atoms with E-state index in [1.807, 2.05) is 36.9 Å². The van der Waals surface area contributed by atoms with Crippen molar-refractivity contribution >= 4 is 17.5 Å². The number of carbonyl (C=O) groups is 2. The maximum Gasteiger partial charge on any atom is 0.416 e. The van der Waals surface area contributed by atoms with E-state index >= 15 is 0 Å². The highest BCUT2D eigenvalue weighted by atomic mass is 19.4. The normalized spacial score (nSPS) is 15.3. The van der Waals surface area contributed by atoms with Crippen molar-refractivity contribution in [3.63, 3.8) is 0 Å². The SMILES string of the molecule is CCc1cccc(CC)c1NC(=O)CN1CCCN(C(=O)Cc2ccc(C(F)(F)F)cc2C(F)(F)F)CC1. The molecular weight excluding hydrogens is 512 g/mol. The first-order valence-electron chi connectivity index (χ1n) is 12.5. The molecular formula is C27H31F6N3O2. The number of benzene rings is 2. The first kappa shape index (κ1) is 29.5. The number of nitrogens with zero attached hydrogens (tertiary/aromatic N) is 2. The van der Waals surface area contributed by atoms with Gasteiger partial charge in [0.2, 0.25) is 11.8 Å². The number of nitrogens with one attached hydrogen (secondary N) is 1. The second kappa shape index (κ2) is 12.2. The molecule has 0 spiro atoms. The predicted octanol–water partition coefficient (Wildman–Crippen LogP) is 5.56. The number of halogens is 6. The van der Waals surface area contributed by atoms with Crippen LogP contribution >= 0.6 is 0 Å². The molecule has 2 aromatic rings. The molecule has 38 heavy (non-hydrogen) atoms. The van der Waals surface area contributed by atoms with Crippen LogP contribution in [-0.2, 0) is 41.2 Å². The smallest absolute Gasteiger partial charge is 0.341 e. The van der Waals surface area contributed by atoms with Crippen LogP contribution in [0.5, 0.6) is 0 Å². The van der Waals surface area contributed by atoms with Gasteiger partial charge in [-0.05, 0) is 48.1 Å². The molecule has 0 bridgehead atoms. The quantitative estimate of drug-likeness (QED) is 0.465. The Hall–Kier alpha value is -3.08. The van der Waals surface area contributed by atoms with Crippen molar-refractivity contribution in [3.8, 4) is 0 Å². The lowest BCUT2D eigenvalue weighted by molar-refractivity contribution is -0.143. The number of alkyl halides is 6. The van der Waals surface area contributed by atoms with Crippen LogP contribution in [0.3, 0.4) is 0 Å². The number of para-hydroxylation sites is 1. The van der Waals surface area contributed by atoms with Gasteiger partial charge in [0.1, 0.15) is 0 Å². The zero-order valence-corrected chi connectivity index (χ0v) is 21.3. The van der Waals surface area contributed by atoms with Gasteiger partial charge in [-0.2, -0.15) is 26.3 Å². The monoisotopic (exact) mass is 543 g/mol. The molecule has 0 aromatic heterocycles. The number of rotatable bonds is 7. The van der Waals surface area contributed by atoms with Gasteiger partial charge in [-0.1, -0.05) is 38.1 Å². The molecule has 1 aliphatic heterocycles. The number of carbonyl (C=O) groups excluding carboxylic acids is 2. The third-order valence-corrected chi connectivity index (χ3v) is 6.66. The lowest BCUT2D eigenvalue weighted by Crippen LogP contribution is -2.38. The summed E-state index contributed by atoms with van der Waals surface area (Å²) in [4.78, 5) is 28.9. The third kappa shape index (κ3) is 7.49. The molecule has 2 aromatic carbocycles. The van der Waals surface area contributed by atoms with Crippen LogP contribution in [0.2, 0.25) is 0 Å². The summed E-state index contributed by atoms with van der Waals surface area (Å²) in [5.41, 5.74) is -0.507. The van der Waals surface area contributed by atoms with Gasteiger partial charge in [0.05, 0.1) is 24.1 Å². The van der Waals surface area contributed by atoms with Gasteiger partial charge < -0.3 is 10.2 Å². The second-order valence-corrected chi connectivity index (χ2v) is 9.26. The fourth-order valence-electron chi connectivity index (χ4n) is 4.61. The van der Waals surface area contributed by atoms with E-state index in [0.717, 1.165) is 35.7 Å². The fraction of sp³-hybridized carbons (Fsp3) is 0.481. The van der Waals surface area contributed by atoms with Crippen molar-refractivity contribution in [1.82, 2.24) is 9.80 Å². The zero-order valence-electron chi connectivity index (χ0n) is 21.3. The number of amides is 2. The molecule has 1 aliphatic rings. The van der Waals surface area contributed by atoms with Crippen molar-refractivity contribution < 1.29 is 35.9 Å². The van der Waals surface area contributed by atoms with Crippen molar-refractivity contribution in [1.29, 1.82) is 0 Å². The Balaban J connectivity index is 1.63. The Labute approximate surface area is 217 Å². The predicted molar refractivity (Wildman–Crippen MR) is 132 cm³/mol. The van der Waals surface area contributed by atoms with Crippen LogP contribution in [0.15, 0.2) is 36.4 Å². The largest absolute Gasteiger partial charge is 0.416 e. The summed E-state index contributed by atoms with van der Waals surface area (Å²) in [5, 5.41) is 3.00. The van der Waals surface area contributed by atoms with Crippen molar-refractivity contribution in [2.24, 2.45) is 0 Å². The molecule has 2 amide bonds. The first-order chi connectivity index (χ1) is 17.8. The Morgan fingerprint density at radius 1 is 0.842 bits per heavy atom. The molecule has 0 radical (unpaired) electrons. The van der Waals surface area contributed by atoms with E-state index in [0.29, 0.717) is 25.6 Å². The summed E-state index contributed by atoms with van der Waals surface area (Å²) in [6, 6.07) is 7.20. The summed E-state index contributed by atoms with van der Waals surface area (Å²) in [6.45, 7) is 5.44. The van der Waals surface area contributed by atoms with Crippen LogP contribution in [0.25, 0.3) is 0 Å². The van der Waals surface area contributed by atoms with E-state index in [9.17, 15) is 35.9 Å². The van der Waals surface area contributed by atoms with E-state index in [-0.39, 0.29) is 31.6 Å². The lowest BCUT2D eigenvalue weighted by atomic mass is 10.00. The van der Waals surface area contributed by atoms with Crippen LogP contribution in [0.1, 0.15) is 48.1 Å².